The summed E-state index contributed by atoms with van der Waals surface area (Å²) in [5.74, 6) is 5.51. The maximum absolute atomic E-state index is 5.29. The lowest BCUT2D eigenvalue weighted by atomic mass is 10.7. The van der Waals surface area contributed by atoms with Gasteiger partial charge in [-0.05, 0) is 35.0 Å². The van der Waals surface area contributed by atoms with Crippen LogP contribution in [0.25, 0.3) is 0 Å². The molecule has 2 aromatic rings. The molecule has 3 N–H and O–H groups in total. The molecule has 3 rings (SSSR count). The number of nitrogens with two attached hydrogens (primary N) is 1. The van der Waals surface area contributed by atoms with Crippen LogP contribution < -0.4 is 16.0 Å². The van der Waals surface area contributed by atoms with Crippen molar-refractivity contribution in [2.24, 2.45) is 5.84 Å². The van der Waals surface area contributed by atoms with Crippen LogP contribution in [0.3, 0.4) is 0 Å². The van der Waals surface area contributed by atoms with Crippen molar-refractivity contribution in [3.63, 3.8) is 0 Å². The lowest BCUT2D eigenvalue weighted by molar-refractivity contribution is 0.373. The molecule has 0 atom stereocenters. The smallest absolute Gasteiger partial charge is 0.322 e. The van der Waals surface area contributed by atoms with Crippen LogP contribution in [0.2, 0.25) is 0 Å². The first-order valence-corrected chi connectivity index (χ1v) is 6.34. The number of anilines is 1. The Balaban J connectivity index is 1.87. The number of nitrogens with one attached hydrogen (secondary N) is 1. The summed E-state index contributed by atoms with van der Waals surface area (Å²) >= 11 is 1.24. The van der Waals surface area contributed by atoms with Gasteiger partial charge in [0.2, 0.25) is 16.3 Å². The lowest BCUT2D eigenvalue weighted by Crippen LogP contribution is -2.12. The van der Waals surface area contributed by atoms with Crippen LogP contribution >= 0.6 is 11.8 Å². The average Bonchev–Trinajstić information content (AvgIpc) is 3.19. The molecule has 0 aliphatic heterocycles. The number of rotatable bonds is 5. The van der Waals surface area contributed by atoms with E-state index in [1.165, 1.54) is 18.9 Å². The van der Waals surface area contributed by atoms with Gasteiger partial charge in [-0.25, -0.2) is 10.5 Å². The van der Waals surface area contributed by atoms with E-state index in [1.54, 1.807) is 4.68 Å². The highest BCUT2D eigenvalue weighted by molar-refractivity contribution is 7.99. The highest BCUT2D eigenvalue weighted by atomic mass is 32.2. The number of nitrogens with zero attached hydrogens (tertiary/aromatic N) is 7. The van der Waals surface area contributed by atoms with Gasteiger partial charge in [0.1, 0.15) is 0 Å². The summed E-state index contributed by atoms with van der Waals surface area (Å²) in [7, 11) is 1.47. The first-order valence-electron chi connectivity index (χ1n) is 5.52. The monoisotopic (exact) mass is 281 g/mol. The molecule has 1 saturated carbocycles. The van der Waals surface area contributed by atoms with E-state index in [9.17, 15) is 0 Å². The van der Waals surface area contributed by atoms with Crippen LogP contribution in [0.1, 0.15) is 18.9 Å². The molecule has 0 radical (unpaired) electrons. The number of hydrogen-bond donors (Lipinski definition) is 2. The van der Waals surface area contributed by atoms with E-state index >= 15 is 0 Å². The molecule has 0 bridgehead atoms. The first kappa shape index (κ1) is 12.0. The van der Waals surface area contributed by atoms with Gasteiger partial charge in [0.15, 0.2) is 0 Å². The van der Waals surface area contributed by atoms with Crippen LogP contribution in [-0.4, -0.2) is 42.3 Å². The normalized spacial score (nSPS) is 14.4. The van der Waals surface area contributed by atoms with E-state index in [1.807, 2.05) is 0 Å². The van der Waals surface area contributed by atoms with Crippen LogP contribution in [0.4, 0.5) is 5.95 Å². The van der Waals surface area contributed by atoms with Gasteiger partial charge in [-0.2, -0.15) is 15.0 Å². The average molecular weight is 281 g/mol. The fourth-order valence-electron chi connectivity index (χ4n) is 1.42. The van der Waals surface area contributed by atoms with Crippen LogP contribution in [0.15, 0.2) is 10.3 Å². The molecular formula is C8H11N9OS. The molecule has 2 heterocycles. The van der Waals surface area contributed by atoms with E-state index in [0.717, 1.165) is 12.8 Å². The Morgan fingerprint density at radius 2 is 2.21 bits per heavy atom. The molecule has 2 aromatic heterocycles. The summed E-state index contributed by atoms with van der Waals surface area (Å²) in [6.45, 7) is 0. The Kier molecular flexibility index (Phi) is 3.13. The quantitative estimate of drug-likeness (QED) is 0.553. The molecule has 1 aliphatic rings. The van der Waals surface area contributed by atoms with E-state index < -0.39 is 0 Å². The van der Waals surface area contributed by atoms with Gasteiger partial charge in [-0.1, -0.05) is 0 Å². The molecule has 1 fully saturated rings. The van der Waals surface area contributed by atoms with Crippen molar-refractivity contribution in [3.05, 3.63) is 0 Å². The van der Waals surface area contributed by atoms with Gasteiger partial charge < -0.3 is 4.74 Å². The summed E-state index contributed by atoms with van der Waals surface area (Å²) in [6.07, 6.45) is 2.18. The molecule has 19 heavy (non-hydrogen) atoms. The number of ether oxygens (including phenoxy) is 1. The summed E-state index contributed by atoms with van der Waals surface area (Å²) in [5.41, 5.74) is 2.36. The molecule has 0 spiro atoms. The summed E-state index contributed by atoms with van der Waals surface area (Å²) in [5, 5.41) is 12.6. The number of methoxy groups -OCH3 is 1. The highest BCUT2D eigenvalue weighted by Gasteiger charge is 2.28. The molecule has 0 unspecified atom stereocenters. The van der Waals surface area contributed by atoms with Crippen molar-refractivity contribution in [3.8, 4) is 6.01 Å². The molecule has 10 nitrogen and oxygen atoms in total. The number of aromatic nitrogens is 7. The highest BCUT2D eigenvalue weighted by Crippen LogP contribution is 2.37. The van der Waals surface area contributed by atoms with Crippen LogP contribution in [-0.2, 0) is 0 Å². The zero-order chi connectivity index (χ0) is 13.2. The van der Waals surface area contributed by atoms with E-state index in [0.29, 0.717) is 16.4 Å². The number of nitrogen functional groups attached to an aromatic ring is 1. The van der Waals surface area contributed by atoms with Gasteiger partial charge >= 0.3 is 6.01 Å². The summed E-state index contributed by atoms with van der Waals surface area (Å²) < 4.78 is 6.75. The maximum atomic E-state index is 5.29. The summed E-state index contributed by atoms with van der Waals surface area (Å²) in [4.78, 5) is 12.1. The van der Waals surface area contributed by atoms with Gasteiger partial charge in [0.05, 0.1) is 13.2 Å². The fourth-order valence-corrected chi connectivity index (χ4v) is 2.20. The maximum Gasteiger partial charge on any atom is 0.322 e. The van der Waals surface area contributed by atoms with Crippen molar-refractivity contribution >= 4 is 17.7 Å². The third kappa shape index (κ3) is 2.56. The third-order valence-electron chi connectivity index (χ3n) is 2.44. The van der Waals surface area contributed by atoms with E-state index in [-0.39, 0.29) is 12.0 Å². The lowest BCUT2D eigenvalue weighted by Gasteiger charge is -2.04. The Labute approximate surface area is 112 Å². The molecule has 100 valence electrons. The fraction of sp³-hybridized carbons (Fsp3) is 0.500. The predicted molar refractivity (Wildman–Crippen MR) is 64.4 cm³/mol. The van der Waals surface area contributed by atoms with Gasteiger partial charge in [-0.3, -0.25) is 5.43 Å². The SMILES string of the molecule is COc1nc(NN)nc(Sc2nnnn2C2CC2)n1. The minimum Gasteiger partial charge on any atom is -0.467 e. The second kappa shape index (κ2) is 4.93. The third-order valence-corrected chi connectivity index (χ3v) is 3.26. The number of hydrazine groups is 1. The van der Waals surface area contributed by atoms with E-state index in [2.05, 4.69) is 35.9 Å². The Hall–Kier alpha value is -2.01. The number of tetrazole rings is 1. The Morgan fingerprint density at radius 1 is 1.37 bits per heavy atom. The topological polar surface area (TPSA) is 130 Å². The zero-order valence-electron chi connectivity index (χ0n) is 10.0. The summed E-state index contributed by atoms with van der Waals surface area (Å²) in [6, 6.07) is 0.559. The van der Waals surface area contributed by atoms with Crippen molar-refractivity contribution in [1.82, 2.24) is 35.2 Å². The van der Waals surface area contributed by atoms with Crippen molar-refractivity contribution in [2.45, 2.75) is 29.2 Å². The zero-order valence-corrected chi connectivity index (χ0v) is 10.8. The van der Waals surface area contributed by atoms with Crippen LogP contribution in [0.5, 0.6) is 6.01 Å². The largest absolute Gasteiger partial charge is 0.467 e. The minimum absolute atomic E-state index is 0.177. The van der Waals surface area contributed by atoms with Crippen molar-refractivity contribution in [2.75, 3.05) is 12.5 Å². The number of hydrogen-bond acceptors (Lipinski definition) is 10. The Morgan fingerprint density at radius 3 is 2.89 bits per heavy atom. The standard InChI is InChI=1S/C8H11N9OS/c1-18-6-10-5(13-9)11-7(12-6)19-8-14-15-16-17(8)4-2-3-4/h4H,2-3,9H2,1H3,(H,10,11,12,13). The predicted octanol–water partition coefficient (Wildman–Crippen LogP) is -0.362. The minimum atomic E-state index is 0.177. The second-order valence-corrected chi connectivity index (χ2v) is 4.75. The van der Waals surface area contributed by atoms with Gasteiger partial charge in [0, 0.05) is 0 Å². The van der Waals surface area contributed by atoms with E-state index in [4.69, 9.17) is 10.6 Å². The molecule has 0 amide bonds. The first-order chi connectivity index (χ1) is 9.30. The Bertz CT molecular complexity index is 561. The molecule has 0 aromatic carbocycles. The van der Waals surface area contributed by atoms with Crippen LogP contribution in [0, 0.1) is 0 Å². The molecule has 1 aliphatic carbocycles. The molecular weight excluding hydrogens is 270 g/mol. The van der Waals surface area contributed by atoms with Gasteiger partial charge in [0.25, 0.3) is 0 Å². The molecule has 11 heteroatoms. The second-order valence-electron chi connectivity index (χ2n) is 3.81. The van der Waals surface area contributed by atoms with Gasteiger partial charge in [-0.15, -0.1) is 5.10 Å². The molecule has 0 saturated heterocycles. The van der Waals surface area contributed by atoms with Crippen molar-refractivity contribution in [1.29, 1.82) is 0 Å². The van der Waals surface area contributed by atoms with Crippen molar-refractivity contribution < 1.29 is 4.74 Å².